The number of halogens is 2. The van der Waals surface area contributed by atoms with Gasteiger partial charge in [0.2, 0.25) is 0 Å². The third-order valence-electron chi connectivity index (χ3n) is 2.72. The number of aryl methyl sites for hydroxylation is 1. The van der Waals surface area contributed by atoms with Gasteiger partial charge < -0.3 is 4.74 Å². The van der Waals surface area contributed by atoms with Gasteiger partial charge in [-0.15, -0.1) is 0 Å². The van der Waals surface area contributed by atoms with Gasteiger partial charge >= 0.3 is 0 Å². The van der Waals surface area contributed by atoms with Gasteiger partial charge in [0.1, 0.15) is 16.5 Å². The van der Waals surface area contributed by atoms with E-state index in [4.69, 9.17) is 16.3 Å². The average Bonchev–Trinajstić information content (AvgIpc) is 2.42. The summed E-state index contributed by atoms with van der Waals surface area (Å²) in [6.45, 7) is 1.73. The lowest BCUT2D eigenvalue weighted by atomic mass is 10.2. The minimum Gasteiger partial charge on any atom is -0.495 e. The minimum atomic E-state index is -3.97. The van der Waals surface area contributed by atoms with Crippen molar-refractivity contribution in [2.45, 2.75) is 11.8 Å². The van der Waals surface area contributed by atoms with Gasteiger partial charge in [-0.05, 0) is 24.6 Å². The molecule has 0 amide bonds. The normalized spacial score (nSPS) is 11.2. The first-order valence-corrected chi connectivity index (χ1v) is 7.67. The zero-order valence-corrected chi connectivity index (χ0v) is 12.8. The molecule has 0 saturated carbocycles. The molecule has 2 rings (SSSR count). The number of aromatic nitrogens is 1. The lowest BCUT2D eigenvalue weighted by molar-refractivity contribution is 0.417. The van der Waals surface area contributed by atoms with Crippen LogP contribution in [0.25, 0.3) is 0 Å². The van der Waals surface area contributed by atoms with Crippen LogP contribution in [0, 0.1) is 12.7 Å². The van der Waals surface area contributed by atoms with Gasteiger partial charge in [-0.1, -0.05) is 11.6 Å². The lowest BCUT2D eigenvalue weighted by Gasteiger charge is -2.13. The Kier molecular flexibility index (Phi) is 4.34. The fourth-order valence-corrected chi connectivity index (χ4v) is 2.84. The number of hydrogen-bond donors (Lipinski definition) is 1. The average molecular weight is 331 g/mol. The molecule has 0 bridgehead atoms. The van der Waals surface area contributed by atoms with E-state index in [2.05, 4.69) is 9.71 Å². The van der Waals surface area contributed by atoms with Crippen LogP contribution in [-0.2, 0) is 10.0 Å². The molecule has 1 aromatic carbocycles. The van der Waals surface area contributed by atoms with Gasteiger partial charge in [0.25, 0.3) is 10.0 Å². The quantitative estimate of drug-likeness (QED) is 0.935. The highest BCUT2D eigenvalue weighted by Gasteiger charge is 2.18. The van der Waals surface area contributed by atoms with E-state index in [1.54, 1.807) is 6.92 Å². The second-order valence-corrected chi connectivity index (χ2v) is 6.34. The van der Waals surface area contributed by atoms with E-state index >= 15 is 0 Å². The third-order valence-corrected chi connectivity index (χ3v) is 4.45. The van der Waals surface area contributed by atoms with Crippen LogP contribution in [0.2, 0.25) is 5.02 Å². The summed E-state index contributed by atoms with van der Waals surface area (Å²) in [7, 11) is -2.58. The number of benzene rings is 1. The van der Waals surface area contributed by atoms with Gasteiger partial charge in [0, 0.05) is 17.3 Å². The van der Waals surface area contributed by atoms with Crippen LogP contribution < -0.4 is 9.46 Å². The van der Waals surface area contributed by atoms with Crippen LogP contribution in [0.1, 0.15) is 5.56 Å². The van der Waals surface area contributed by atoms with Crippen molar-refractivity contribution in [3.63, 3.8) is 0 Å². The Labute approximate surface area is 126 Å². The Morgan fingerprint density at radius 1 is 1.29 bits per heavy atom. The van der Waals surface area contributed by atoms with E-state index in [0.29, 0.717) is 10.6 Å². The van der Waals surface area contributed by atoms with Gasteiger partial charge in [-0.25, -0.2) is 12.8 Å². The molecule has 0 fully saturated rings. The molecular weight excluding hydrogens is 319 g/mol. The maximum atomic E-state index is 13.1. The SMILES string of the molecule is COc1cc(Cl)c(C)cc1NS(=O)(=O)c1cncc(F)c1. The summed E-state index contributed by atoms with van der Waals surface area (Å²) in [6, 6.07) is 3.91. The molecule has 0 radical (unpaired) electrons. The lowest BCUT2D eigenvalue weighted by Crippen LogP contribution is -2.14. The molecule has 0 aliphatic rings. The van der Waals surface area contributed by atoms with Crippen molar-refractivity contribution in [3.05, 3.63) is 47.0 Å². The second-order valence-electron chi connectivity index (χ2n) is 4.25. The van der Waals surface area contributed by atoms with E-state index in [0.717, 1.165) is 18.5 Å². The maximum absolute atomic E-state index is 13.1. The summed E-state index contributed by atoms with van der Waals surface area (Å²) < 4.78 is 44.9. The topological polar surface area (TPSA) is 68.3 Å². The Morgan fingerprint density at radius 3 is 2.62 bits per heavy atom. The van der Waals surface area contributed by atoms with Crippen molar-refractivity contribution in [1.29, 1.82) is 0 Å². The van der Waals surface area contributed by atoms with E-state index < -0.39 is 15.8 Å². The largest absolute Gasteiger partial charge is 0.495 e. The zero-order chi connectivity index (χ0) is 15.6. The molecular formula is C13H12ClFN2O3S. The van der Waals surface area contributed by atoms with Crippen molar-refractivity contribution in [2.75, 3.05) is 11.8 Å². The number of ether oxygens (including phenoxy) is 1. The fourth-order valence-electron chi connectivity index (χ4n) is 1.65. The number of anilines is 1. The molecule has 112 valence electrons. The Morgan fingerprint density at radius 2 is 2.00 bits per heavy atom. The molecule has 5 nitrogen and oxygen atoms in total. The van der Waals surface area contributed by atoms with Gasteiger partial charge in [0.15, 0.2) is 0 Å². The number of pyridine rings is 1. The van der Waals surface area contributed by atoms with Crippen LogP contribution >= 0.6 is 11.6 Å². The molecule has 0 saturated heterocycles. The van der Waals surface area contributed by atoms with Crippen LogP contribution in [-0.4, -0.2) is 20.5 Å². The number of nitrogens with one attached hydrogen (secondary N) is 1. The molecule has 0 spiro atoms. The van der Waals surface area contributed by atoms with E-state index in [1.807, 2.05) is 0 Å². The Hall–Kier alpha value is -1.86. The summed E-state index contributed by atoms with van der Waals surface area (Å²) in [4.78, 5) is 3.24. The molecule has 1 heterocycles. The number of hydrogen-bond acceptors (Lipinski definition) is 4. The Bertz CT molecular complexity index is 781. The van der Waals surface area contributed by atoms with Gasteiger partial charge in [-0.2, -0.15) is 0 Å². The van der Waals surface area contributed by atoms with Crippen molar-refractivity contribution in [2.24, 2.45) is 0 Å². The maximum Gasteiger partial charge on any atom is 0.263 e. The van der Waals surface area contributed by atoms with E-state index in [9.17, 15) is 12.8 Å². The first kappa shape index (κ1) is 15.5. The number of rotatable bonds is 4. The predicted octanol–water partition coefficient (Wildman–Crippen LogP) is 2.99. The first-order chi connectivity index (χ1) is 9.83. The second kappa shape index (κ2) is 5.87. The third kappa shape index (κ3) is 3.43. The summed E-state index contributed by atoms with van der Waals surface area (Å²) in [5, 5.41) is 0.447. The monoisotopic (exact) mass is 330 g/mol. The predicted molar refractivity (Wildman–Crippen MR) is 77.7 cm³/mol. The van der Waals surface area contributed by atoms with Crippen LogP contribution in [0.3, 0.4) is 0 Å². The summed E-state index contributed by atoms with van der Waals surface area (Å²) >= 11 is 5.96. The van der Waals surface area contributed by atoms with Crippen LogP contribution in [0.5, 0.6) is 5.75 Å². The minimum absolute atomic E-state index is 0.212. The highest BCUT2D eigenvalue weighted by molar-refractivity contribution is 7.92. The number of nitrogens with zero attached hydrogens (tertiary/aromatic N) is 1. The molecule has 1 N–H and O–H groups in total. The molecule has 0 aliphatic heterocycles. The highest BCUT2D eigenvalue weighted by atomic mass is 35.5. The zero-order valence-electron chi connectivity index (χ0n) is 11.2. The molecule has 0 aliphatic carbocycles. The van der Waals surface area contributed by atoms with Gasteiger partial charge in [0.05, 0.1) is 19.0 Å². The fraction of sp³-hybridized carbons (Fsp3) is 0.154. The molecule has 21 heavy (non-hydrogen) atoms. The van der Waals surface area contributed by atoms with Crippen LogP contribution in [0.4, 0.5) is 10.1 Å². The smallest absolute Gasteiger partial charge is 0.263 e. The van der Waals surface area contributed by atoms with Crippen molar-refractivity contribution in [3.8, 4) is 5.75 Å². The van der Waals surface area contributed by atoms with Crippen molar-refractivity contribution < 1.29 is 17.5 Å². The van der Waals surface area contributed by atoms with Crippen molar-refractivity contribution in [1.82, 2.24) is 4.98 Å². The molecule has 0 atom stereocenters. The highest BCUT2D eigenvalue weighted by Crippen LogP contribution is 2.32. The van der Waals surface area contributed by atoms with Crippen molar-refractivity contribution >= 4 is 27.3 Å². The van der Waals surface area contributed by atoms with Gasteiger partial charge in [-0.3, -0.25) is 9.71 Å². The molecule has 8 heteroatoms. The Balaban J connectivity index is 2.44. The number of sulfonamides is 1. The molecule has 1 aromatic heterocycles. The number of methoxy groups -OCH3 is 1. The molecule has 2 aromatic rings. The summed E-state index contributed by atoms with van der Waals surface area (Å²) in [5.41, 5.74) is 0.885. The summed E-state index contributed by atoms with van der Waals surface area (Å²) in [6.07, 6.45) is 1.98. The van der Waals surface area contributed by atoms with Crippen LogP contribution in [0.15, 0.2) is 35.5 Å². The summed E-state index contributed by atoms with van der Waals surface area (Å²) in [5.74, 6) is -0.476. The molecule has 0 unspecified atom stereocenters. The standard InChI is InChI=1S/C13H12ClFN2O3S/c1-8-3-12(13(20-2)5-11(8)14)17-21(18,19)10-4-9(15)6-16-7-10/h3-7,17H,1-2H3. The van der Waals surface area contributed by atoms with E-state index in [1.165, 1.54) is 19.2 Å². The first-order valence-electron chi connectivity index (χ1n) is 5.81. The van der Waals surface area contributed by atoms with E-state index in [-0.39, 0.29) is 16.3 Å².